The number of benzene rings is 2. The Kier molecular flexibility index (Phi) is 5.87. The van der Waals surface area contributed by atoms with Crippen molar-refractivity contribution in [2.45, 2.75) is 12.7 Å². The standard InChI is InChI=1S/C20H20F3N3O2/c21-20(22,23)17-8-6-16(7-9-17)18(27)25-10-12-26(13-11-25)19(28)24-14-15-4-2-1-3-5-15/h1-9H,10-14H2,(H,24,28). The third kappa shape index (κ3) is 4.82. The van der Waals surface area contributed by atoms with Gasteiger partial charge in [0, 0.05) is 38.3 Å². The normalized spacial score (nSPS) is 14.7. The van der Waals surface area contributed by atoms with Gasteiger partial charge in [-0.15, -0.1) is 0 Å². The van der Waals surface area contributed by atoms with Gasteiger partial charge in [0.05, 0.1) is 5.56 Å². The van der Waals surface area contributed by atoms with Crippen LogP contribution in [0.4, 0.5) is 18.0 Å². The van der Waals surface area contributed by atoms with Gasteiger partial charge in [0.2, 0.25) is 0 Å². The number of carbonyl (C=O) groups excluding carboxylic acids is 2. The van der Waals surface area contributed by atoms with Crippen molar-refractivity contribution in [3.8, 4) is 0 Å². The van der Waals surface area contributed by atoms with Gasteiger partial charge in [-0.3, -0.25) is 4.79 Å². The third-order valence-corrected chi connectivity index (χ3v) is 4.60. The first-order chi connectivity index (χ1) is 13.3. The molecule has 0 saturated carbocycles. The molecule has 3 rings (SSSR count). The van der Waals surface area contributed by atoms with Gasteiger partial charge in [0.15, 0.2) is 0 Å². The molecule has 28 heavy (non-hydrogen) atoms. The molecule has 1 aliphatic heterocycles. The highest BCUT2D eigenvalue weighted by molar-refractivity contribution is 5.94. The number of hydrogen-bond acceptors (Lipinski definition) is 2. The van der Waals surface area contributed by atoms with Crippen LogP contribution in [0.25, 0.3) is 0 Å². The van der Waals surface area contributed by atoms with E-state index < -0.39 is 11.7 Å². The number of carbonyl (C=O) groups is 2. The Hall–Kier alpha value is -3.03. The minimum absolute atomic E-state index is 0.203. The number of urea groups is 1. The Labute approximate surface area is 160 Å². The quantitative estimate of drug-likeness (QED) is 0.872. The summed E-state index contributed by atoms with van der Waals surface area (Å²) in [6, 6.07) is 13.5. The topological polar surface area (TPSA) is 52.7 Å². The highest BCUT2D eigenvalue weighted by Gasteiger charge is 2.31. The zero-order valence-electron chi connectivity index (χ0n) is 15.1. The molecule has 1 saturated heterocycles. The van der Waals surface area contributed by atoms with Crippen molar-refractivity contribution in [1.29, 1.82) is 0 Å². The van der Waals surface area contributed by atoms with Gasteiger partial charge in [-0.25, -0.2) is 4.79 Å². The Bertz CT molecular complexity index is 815. The second-order valence-corrected chi connectivity index (χ2v) is 6.50. The van der Waals surface area contributed by atoms with E-state index in [2.05, 4.69) is 5.32 Å². The van der Waals surface area contributed by atoms with Crippen LogP contribution in [0.5, 0.6) is 0 Å². The lowest BCUT2D eigenvalue weighted by Gasteiger charge is -2.34. The molecule has 0 aromatic heterocycles. The molecule has 3 amide bonds. The van der Waals surface area contributed by atoms with Crippen molar-refractivity contribution in [1.82, 2.24) is 15.1 Å². The van der Waals surface area contributed by atoms with E-state index in [1.165, 1.54) is 12.1 Å². The number of nitrogens with zero attached hydrogens (tertiary/aromatic N) is 2. The fraction of sp³-hybridized carbons (Fsp3) is 0.300. The molecule has 0 aliphatic carbocycles. The first-order valence-electron chi connectivity index (χ1n) is 8.88. The highest BCUT2D eigenvalue weighted by Crippen LogP contribution is 2.29. The minimum atomic E-state index is -4.43. The largest absolute Gasteiger partial charge is 0.416 e. The number of hydrogen-bond donors (Lipinski definition) is 1. The van der Waals surface area contributed by atoms with Crippen LogP contribution in [0.2, 0.25) is 0 Å². The highest BCUT2D eigenvalue weighted by atomic mass is 19.4. The van der Waals surface area contributed by atoms with E-state index in [4.69, 9.17) is 0 Å². The van der Waals surface area contributed by atoms with Gasteiger partial charge in [0.25, 0.3) is 5.91 Å². The molecule has 1 N–H and O–H groups in total. The summed E-state index contributed by atoms with van der Waals surface area (Å²) in [6.45, 7) is 1.82. The molecule has 0 atom stereocenters. The second kappa shape index (κ2) is 8.33. The van der Waals surface area contributed by atoms with Crippen LogP contribution in [0.15, 0.2) is 54.6 Å². The predicted molar refractivity (Wildman–Crippen MR) is 97.6 cm³/mol. The molecular weight excluding hydrogens is 371 g/mol. The minimum Gasteiger partial charge on any atom is -0.335 e. The van der Waals surface area contributed by atoms with E-state index in [-0.39, 0.29) is 17.5 Å². The summed E-state index contributed by atoms with van der Waals surface area (Å²) in [7, 11) is 0. The maximum absolute atomic E-state index is 12.6. The van der Waals surface area contributed by atoms with E-state index in [9.17, 15) is 22.8 Å². The van der Waals surface area contributed by atoms with Gasteiger partial charge in [-0.05, 0) is 29.8 Å². The Balaban J connectivity index is 1.50. The molecule has 0 bridgehead atoms. The summed E-state index contributed by atoms with van der Waals surface area (Å²) in [6.07, 6.45) is -4.43. The smallest absolute Gasteiger partial charge is 0.335 e. The van der Waals surface area contributed by atoms with Gasteiger partial charge >= 0.3 is 12.2 Å². The molecule has 0 radical (unpaired) electrons. The average molecular weight is 391 g/mol. The fourth-order valence-corrected chi connectivity index (χ4v) is 2.98. The molecule has 2 aromatic rings. The van der Waals surface area contributed by atoms with Gasteiger partial charge < -0.3 is 15.1 Å². The number of amides is 3. The monoisotopic (exact) mass is 391 g/mol. The summed E-state index contributed by atoms with van der Waals surface area (Å²) >= 11 is 0. The lowest BCUT2D eigenvalue weighted by molar-refractivity contribution is -0.137. The van der Waals surface area contributed by atoms with Crippen molar-refractivity contribution >= 4 is 11.9 Å². The van der Waals surface area contributed by atoms with Crippen LogP contribution in [-0.4, -0.2) is 47.9 Å². The van der Waals surface area contributed by atoms with Gasteiger partial charge in [-0.2, -0.15) is 13.2 Å². The lowest BCUT2D eigenvalue weighted by Crippen LogP contribution is -2.53. The van der Waals surface area contributed by atoms with E-state index in [1.54, 1.807) is 9.80 Å². The van der Waals surface area contributed by atoms with E-state index in [0.29, 0.717) is 32.7 Å². The SMILES string of the molecule is O=C(NCc1ccccc1)N1CCN(C(=O)c2ccc(C(F)(F)F)cc2)CC1. The maximum atomic E-state index is 12.6. The van der Waals surface area contributed by atoms with Crippen molar-refractivity contribution in [3.05, 3.63) is 71.3 Å². The van der Waals surface area contributed by atoms with E-state index in [0.717, 1.165) is 17.7 Å². The maximum Gasteiger partial charge on any atom is 0.416 e. The summed E-state index contributed by atoms with van der Waals surface area (Å²) in [5.41, 5.74) is 0.408. The van der Waals surface area contributed by atoms with Crippen LogP contribution in [0.3, 0.4) is 0 Å². The third-order valence-electron chi connectivity index (χ3n) is 4.60. The molecule has 5 nitrogen and oxygen atoms in total. The van der Waals surface area contributed by atoms with Crippen molar-refractivity contribution in [3.63, 3.8) is 0 Å². The van der Waals surface area contributed by atoms with Crippen LogP contribution in [0.1, 0.15) is 21.5 Å². The van der Waals surface area contributed by atoms with Crippen molar-refractivity contribution < 1.29 is 22.8 Å². The number of alkyl halides is 3. The first kappa shape index (κ1) is 19.7. The molecule has 0 unspecified atom stereocenters. The molecule has 2 aromatic carbocycles. The van der Waals surface area contributed by atoms with Crippen LogP contribution in [-0.2, 0) is 12.7 Å². The number of piperazine rings is 1. The second-order valence-electron chi connectivity index (χ2n) is 6.50. The lowest BCUT2D eigenvalue weighted by atomic mass is 10.1. The zero-order chi connectivity index (χ0) is 20.1. The van der Waals surface area contributed by atoms with Crippen LogP contribution >= 0.6 is 0 Å². The predicted octanol–water partition coefficient (Wildman–Crippen LogP) is 3.37. The van der Waals surface area contributed by atoms with Gasteiger partial charge in [0.1, 0.15) is 0 Å². The fourth-order valence-electron chi connectivity index (χ4n) is 2.98. The molecular formula is C20H20F3N3O2. The number of nitrogens with one attached hydrogen (secondary N) is 1. The van der Waals surface area contributed by atoms with E-state index >= 15 is 0 Å². The molecule has 1 aliphatic rings. The van der Waals surface area contributed by atoms with Crippen molar-refractivity contribution in [2.75, 3.05) is 26.2 Å². The number of rotatable bonds is 3. The molecule has 8 heteroatoms. The first-order valence-corrected chi connectivity index (χ1v) is 8.88. The van der Waals surface area contributed by atoms with Crippen LogP contribution < -0.4 is 5.32 Å². The van der Waals surface area contributed by atoms with Crippen LogP contribution in [0, 0.1) is 0 Å². The summed E-state index contributed by atoms with van der Waals surface area (Å²) < 4.78 is 37.9. The Morgan fingerprint density at radius 2 is 1.43 bits per heavy atom. The molecule has 0 spiro atoms. The average Bonchev–Trinajstić information content (AvgIpc) is 2.72. The van der Waals surface area contributed by atoms with Gasteiger partial charge in [-0.1, -0.05) is 30.3 Å². The summed E-state index contributed by atoms with van der Waals surface area (Å²) in [5, 5.41) is 2.84. The zero-order valence-corrected chi connectivity index (χ0v) is 15.1. The Morgan fingerprint density at radius 1 is 0.857 bits per heavy atom. The Morgan fingerprint density at radius 3 is 2.00 bits per heavy atom. The summed E-state index contributed by atoms with van der Waals surface area (Å²) in [5.74, 6) is -0.335. The molecule has 1 fully saturated rings. The number of halogens is 3. The van der Waals surface area contributed by atoms with E-state index in [1.807, 2.05) is 30.3 Å². The molecule has 148 valence electrons. The van der Waals surface area contributed by atoms with Crippen molar-refractivity contribution in [2.24, 2.45) is 0 Å². The molecule has 1 heterocycles. The summed E-state index contributed by atoms with van der Waals surface area (Å²) in [4.78, 5) is 27.9.